The minimum absolute atomic E-state index is 0.120. The van der Waals surface area contributed by atoms with Gasteiger partial charge in [0.2, 0.25) is 0 Å². The second-order valence-electron chi connectivity index (χ2n) is 4.47. The van der Waals surface area contributed by atoms with Crippen molar-refractivity contribution < 1.29 is 22.3 Å². The molecule has 0 atom stereocenters. The topological polar surface area (TPSA) is 21.3 Å². The lowest BCUT2D eigenvalue weighted by Crippen LogP contribution is -2.21. The molecular formula is C13H17F4NOS. The van der Waals surface area contributed by atoms with Crippen molar-refractivity contribution in [3.05, 3.63) is 29.6 Å². The fourth-order valence-electron chi connectivity index (χ4n) is 1.45. The average Bonchev–Trinajstić information content (AvgIpc) is 2.30. The second kappa shape index (κ2) is 7.73. The molecule has 1 aromatic rings. The summed E-state index contributed by atoms with van der Waals surface area (Å²) in [5.41, 5.74) is -3.57. The molecule has 0 bridgehead atoms. The molecule has 0 radical (unpaired) electrons. The van der Waals surface area contributed by atoms with Crippen molar-refractivity contribution in [2.24, 2.45) is 0 Å². The van der Waals surface area contributed by atoms with Crippen LogP contribution in [0.1, 0.15) is 19.4 Å². The molecule has 1 N–H and O–H groups in total. The van der Waals surface area contributed by atoms with Gasteiger partial charge in [-0.15, -0.1) is 0 Å². The summed E-state index contributed by atoms with van der Waals surface area (Å²) in [6, 6.07) is 4.41. The monoisotopic (exact) mass is 311 g/mol. The van der Waals surface area contributed by atoms with Crippen molar-refractivity contribution in [2.75, 3.05) is 12.4 Å². The zero-order valence-corrected chi connectivity index (χ0v) is 12.1. The molecular weight excluding hydrogens is 294 g/mol. The van der Waals surface area contributed by atoms with E-state index in [1.54, 1.807) is 6.07 Å². The summed E-state index contributed by atoms with van der Waals surface area (Å²) >= 11 is -0.156. The molecule has 0 saturated heterocycles. The van der Waals surface area contributed by atoms with Crippen LogP contribution in [0.4, 0.5) is 17.6 Å². The lowest BCUT2D eigenvalue weighted by atomic mass is 10.2. The highest BCUT2D eigenvalue weighted by Gasteiger charge is 2.27. The van der Waals surface area contributed by atoms with Crippen molar-refractivity contribution in [1.82, 2.24) is 5.32 Å². The summed E-state index contributed by atoms with van der Waals surface area (Å²) in [4.78, 5) is 0. The molecule has 20 heavy (non-hydrogen) atoms. The van der Waals surface area contributed by atoms with Gasteiger partial charge >= 0.3 is 5.51 Å². The molecule has 1 rings (SSSR count). The largest absolute Gasteiger partial charge is 0.493 e. The minimum Gasteiger partial charge on any atom is -0.493 e. The number of thioether (sulfide) groups is 1. The number of hydrogen-bond acceptors (Lipinski definition) is 3. The highest BCUT2D eigenvalue weighted by Crippen LogP contribution is 2.29. The van der Waals surface area contributed by atoms with Crippen LogP contribution >= 0.6 is 11.8 Å². The summed E-state index contributed by atoms with van der Waals surface area (Å²) < 4.78 is 54.3. The van der Waals surface area contributed by atoms with Crippen LogP contribution in [0.15, 0.2) is 18.2 Å². The lowest BCUT2D eigenvalue weighted by Gasteiger charge is -2.11. The molecule has 0 aliphatic carbocycles. The zero-order chi connectivity index (χ0) is 15.2. The smallest absolute Gasteiger partial charge is 0.441 e. The highest BCUT2D eigenvalue weighted by atomic mass is 32.2. The van der Waals surface area contributed by atoms with Crippen molar-refractivity contribution in [2.45, 2.75) is 31.9 Å². The van der Waals surface area contributed by atoms with E-state index in [0.717, 1.165) is 6.07 Å². The Hall–Kier alpha value is -0.950. The van der Waals surface area contributed by atoms with Gasteiger partial charge in [0.25, 0.3) is 0 Å². The number of alkyl halides is 3. The Morgan fingerprint density at radius 2 is 1.95 bits per heavy atom. The summed E-state index contributed by atoms with van der Waals surface area (Å²) in [6.45, 7) is 4.28. The number of hydrogen-bond donors (Lipinski definition) is 1. The predicted octanol–water partition coefficient (Wildman–Crippen LogP) is 3.96. The molecule has 0 unspecified atom stereocenters. The number of ether oxygens (including phenoxy) is 1. The molecule has 0 fully saturated rings. The first kappa shape index (κ1) is 17.1. The second-order valence-corrected chi connectivity index (χ2v) is 5.63. The van der Waals surface area contributed by atoms with E-state index < -0.39 is 11.3 Å². The summed E-state index contributed by atoms with van der Waals surface area (Å²) in [5, 5.41) is 3.13. The van der Waals surface area contributed by atoms with E-state index in [0.29, 0.717) is 12.1 Å². The van der Waals surface area contributed by atoms with Crippen LogP contribution in [0.25, 0.3) is 0 Å². The van der Waals surface area contributed by atoms with E-state index in [-0.39, 0.29) is 35.9 Å². The van der Waals surface area contributed by atoms with Crippen LogP contribution in [0.3, 0.4) is 0 Å². The highest BCUT2D eigenvalue weighted by molar-refractivity contribution is 8.00. The molecule has 1 aromatic carbocycles. The Labute approximate surface area is 119 Å². The van der Waals surface area contributed by atoms with Crippen molar-refractivity contribution in [3.8, 4) is 5.75 Å². The van der Waals surface area contributed by atoms with Gasteiger partial charge in [0.05, 0.1) is 6.61 Å². The zero-order valence-electron chi connectivity index (χ0n) is 11.3. The maximum atomic E-state index is 13.4. The van der Waals surface area contributed by atoms with Crippen LogP contribution in [0.5, 0.6) is 5.75 Å². The summed E-state index contributed by atoms with van der Waals surface area (Å²) in [5.74, 6) is -0.445. The SMILES string of the molecule is CC(C)NCc1cc(F)cc(OCCSC(F)(F)F)c1. The maximum absolute atomic E-state index is 13.4. The number of nitrogens with one attached hydrogen (secondary N) is 1. The van der Waals surface area contributed by atoms with Gasteiger partial charge in [-0.1, -0.05) is 13.8 Å². The van der Waals surface area contributed by atoms with Crippen molar-refractivity contribution >= 4 is 11.8 Å². The number of benzene rings is 1. The molecule has 0 amide bonds. The average molecular weight is 311 g/mol. The van der Waals surface area contributed by atoms with Crippen molar-refractivity contribution in [1.29, 1.82) is 0 Å². The van der Waals surface area contributed by atoms with E-state index in [9.17, 15) is 17.6 Å². The first-order chi connectivity index (χ1) is 9.26. The number of rotatable bonds is 7. The van der Waals surface area contributed by atoms with Crippen molar-refractivity contribution in [3.63, 3.8) is 0 Å². The Bertz CT molecular complexity index is 423. The fourth-order valence-corrected chi connectivity index (χ4v) is 1.84. The van der Waals surface area contributed by atoms with Gasteiger partial charge in [-0.25, -0.2) is 4.39 Å². The Kier molecular flexibility index (Phi) is 6.61. The molecule has 0 aliphatic rings. The van der Waals surface area contributed by atoms with E-state index >= 15 is 0 Å². The van der Waals surface area contributed by atoms with Crippen LogP contribution in [0.2, 0.25) is 0 Å². The molecule has 7 heteroatoms. The molecule has 0 aromatic heterocycles. The lowest BCUT2D eigenvalue weighted by molar-refractivity contribution is -0.0329. The van der Waals surface area contributed by atoms with E-state index in [2.05, 4.69) is 5.32 Å². The van der Waals surface area contributed by atoms with Gasteiger partial charge in [-0.3, -0.25) is 0 Å². The molecule has 114 valence electrons. The molecule has 0 heterocycles. The van der Waals surface area contributed by atoms with Crippen LogP contribution in [-0.2, 0) is 6.54 Å². The van der Waals surface area contributed by atoms with Crippen LogP contribution < -0.4 is 10.1 Å². The van der Waals surface area contributed by atoms with E-state index in [1.807, 2.05) is 13.8 Å². The third-order valence-electron chi connectivity index (χ3n) is 2.26. The van der Waals surface area contributed by atoms with E-state index in [1.165, 1.54) is 6.07 Å². The molecule has 0 spiro atoms. The van der Waals surface area contributed by atoms with Gasteiger partial charge in [-0.2, -0.15) is 13.2 Å². The van der Waals surface area contributed by atoms with Gasteiger partial charge in [0, 0.05) is 24.4 Å². The third kappa shape index (κ3) is 7.59. The first-order valence-corrected chi connectivity index (χ1v) is 7.11. The van der Waals surface area contributed by atoms with E-state index in [4.69, 9.17) is 4.74 Å². The summed E-state index contributed by atoms with van der Waals surface area (Å²) in [6.07, 6.45) is 0. The van der Waals surface area contributed by atoms with Gasteiger partial charge in [0.15, 0.2) is 0 Å². The Morgan fingerprint density at radius 1 is 1.25 bits per heavy atom. The van der Waals surface area contributed by atoms with Gasteiger partial charge in [0.1, 0.15) is 11.6 Å². The summed E-state index contributed by atoms with van der Waals surface area (Å²) in [7, 11) is 0. The van der Waals surface area contributed by atoms with Gasteiger partial charge in [-0.05, 0) is 29.5 Å². The molecule has 0 aliphatic heterocycles. The first-order valence-electron chi connectivity index (χ1n) is 6.12. The minimum atomic E-state index is -4.27. The fraction of sp³-hybridized carbons (Fsp3) is 0.538. The predicted molar refractivity (Wildman–Crippen MR) is 72.4 cm³/mol. The van der Waals surface area contributed by atoms with Crippen LogP contribution in [0, 0.1) is 5.82 Å². The molecule has 0 saturated carbocycles. The maximum Gasteiger partial charge on any atom is 0.441 e. The third-order valence-corrected chi connectivity index (χ3v) is 2.96. The van der Waals surface area contributed by atoms with Crippen LogP contribution in [-0.4, -0.2) is 23.9 Å². The van der Waals surface area contributed by atoms with Gasteiger partial charge < -0.3 is 10.1 Å². The Balaban J connectivity index is 2.49. The Morgan fingerprint density at radius 3 is 2.55 bits per heavy atom. The number of halogens is 4. The standard InChI is InChI=1S/C13H17F4NOS/c1-9(2)18-8-10-5-11(14)7-12(6-10)19-3-4-20-13(15,16)17/h5-7,9,18H,3-4,8H2,1-2H3. The normalized spacial score (nSPS) is 11.9. The molecule has 2 nitrogen and oxygen atoms in total. The quantitative estimate of drug-likeness (QED) is 0.608.